The van der Waals surface area contributed by atoms with Crippen LogP contribution in [0.25, 0.3) is 21.9 Å². The van der Waals surface area contributed by atoms with E-state index in [2.05, 4.69) is 47.4 Å². The molecular weight excluding hydrogens is 272 g/mol. The van der Waals surface area contributed by atoms with Gasteiger partial charge in [0.05, 0.1) is 17.4 Å². The average Bonchev–Trinajstić information content (AvgIpc) is 2.88. The molecule has 0 unspecified atom stereocenters. The van der Waals surface area contributed by atoms with E-state index < -0.39 is 0 Å². The Morgan fingerprint density at radius 2 is 2.09 bits per heavy atom. The number of nitrogens with zero attached hydrogens (tertiary/aromatic N) is 3. The molecule has 0 aliphatic rings. The van der Waals surface area contributed by atoms with Gasteiger partial charge in [0.2, 0.25) is 0 Å². The second kappa shape index (κ2) is 5.95. The molecule has 0 bridgehead atoms. The van der Waals surface area contributed by atoms with Gasteiger partial charge in [0.25, 0.3) is 0 Å². The molecule has 0 atom stereocenters. The third kappa shape index (κ3) is 2.54. The molecule has 0 amide bonds. The van der Waals surface area contributed by atoms with Crippen molar-refractivity contribution in [2.45, 2.75) is 46.6 Å². The number of imidazole rings is 1. The summed E-state index contributed by atoms with van der Waals surface area (Å²) in [5, 5.41) is 1.22. The molecule has 116 valence electrons. The van der Waals surface area contributed by atoms with E-state index in [4.69, 9.17) is 5.73 Å². The van der Waals surface area contributed by atoms with Crippen molar-refractivity contribution in [1.82, 2.24) is 14.5 Å². The van der Waals surface area contributed by atoms with Gasteiger partial charge < -0.3 is 10.3 Å². The van der Waals surface area contributed by atoms with Crippen molar-refractivity contribution in [3.63, 3.8) is 0 Å². The fourth-order valence-corrected chi connectivity index (χ4v) is 3.08. The molecule has 0 fully saturated rings. The zero-order valence-corrected chi connectivity index (χ0v) is 13.6. The van der Waals surface area contributed by atoms with Crippen LogP contribution in [0.4, 0.5) is 5.82 Å². The van der Waals surface area contributed by atoms with E-state index in [0.29, 0.717) is 11.7 Å². The normalized spacial score (nSPS) is 11.8. The van der Waals surface area contributed by atoms with E-state index in [-0.39, 0.29) is 0 Å². The van der Waals surface area contributed by atoms with Gasteiger partial charge in [0.15, 0.2) is 5.82 Å². The lowest BCUT2D eigenvalue weighted by atomic mass is 10.0. The van der Waals surface area contributed by atoms with Gasteiger partial charge in [-0.15, -0.1) is 0 Å². The number of aromatic nitrogens is 3. The highest BCUT2D eigenvalue weighted by Gasteiger charge is 2.15. The Morgan fingerprint density at radius 1 is 1.27 bits per heavy atom. The van der Waals surface area contributed by atoms with Crippen LogP contribution in [-0.4, -0.2) is 14.5 Å². The first kappa shape index (κ1) is 14.8. The lowest BCUT2D eigenvalue weighted by molar-refractivity contribution is 0.533. The molecule has 0 saturated carbocycles. The molecule has 3 aromatic rings. The lowest BCUT2D eigenvalue weighted by Gasteiger charge is -2.12. The summed E-state index contributed by atoms with van der Waals surface area (Å²) in [7, 11) is 0. The molecule has 0 aliphatic heterocycles. The van der Waals surface area contributed by atoms with Crippen molar-refractivity contribution < 1.29 is 0 Å². The van der Waals surface area contributed by atoms with Crippen molar-refractivity contribution in [3.8, 4) is 0 Å². The van der Waals surface area contributed by atoms with Crippen LogP contribution < -0.4 is 5.73 Å². The Morgan fingerprint density at radius 3 is 2.82 bits per heavy atom. The molecule has 22 heavy (non-hydrogen) atoms. The molecule has 0 aliphatic carbocycles. The smallest absolute Gasteiger partial charge is 0.152 e. The maximum Gasteiger partial charge on any atom is 0.152 e. The van der Waals surface area contributed by atoms with Crippen molar-refractivity contribution in [2.75, 3.05) is 5.73 Å². The average molecular weight is 296 g/mol. The SMILES string of the molecule is CCCCc1cccc2nc(N)c3ncn(CC(C)C)c3c12. The van der Waals surface area contributed by atoms with E-state index in [9.17, 15) is 0 Å². The van der Waals surface area contributed by atoms with Crippen molar-refractivity contribution in [2.24, 2.45) is 5.92 Å². The Labute approximate surface area is 131 Å². The molecule has 3 rings (SSSR count). The van der Waals surface area contributed by atoms with E-state index in [1.165, 1.54) is 23.8 Å². The highest BCUT2D eigenvalue weighted by Crippen LogP contribution is 2.31. The summed E-state index contributed by atoms with van der Waals surface area (Å²) in [4.78, 5) is 9.09. The predicted octanol–water partition coefficient (Wildman–Crippen LogP) is 4.17. The lowest BCUT2D eigenvalue weighted by Crippen LogP contribution is -2.04. The summed E-state index contributed by atoms with van der Waals surface area (Å²) in [6.45, 7) is 7.60. The highest BCUT2D eigenvalue weighted by atomic mass is 15.1. The first-order valence-electron chi connectivity index (χ1n) is 8.13. The summed E-state index contributed by atoms with van der Waals surface area (Å²) in [5.41, 5.74) is 10.4. The maximum absolute atomic E-state index is 6.13. The first-order valence-corrected chi connectivity index (χ1v) is 8.13. The van der Waals surface area contributed by atoms with Crippen LogP contribution in [0.1, 0.15) is 39.2 Å². The number of fused-ring (bicyclic) bond motifs is 3. The minimum absolute atomic E-state index is 0.526. The minimum atomic E-state index is 0.526. The zero-order chi connectivity index (χ0) is 15.7. The van der Waals surface area contributed by atoms with Gasteiger partial charge in [-0.05, 0) is 30.4 Å². The predicted molar refractivity (Wildman–Crippen MR) is 92.9 cm³/mol. The topological polar surface area (TPSA) is 56.7 Å². The van der Waals surface area contributed by atoms with E-state index in [1.54, 1.807) is 0 Å². The number of anilines is 1. The molecule has 0 spiro atoms. The molecule has 0 radical (unpaired) electrons. The van der Waals surface area contributed by atoms with Crippen molar-refractivity contribution >= 4 is 27.8 Å². The van der Waals surface area contributed by atoms with Gasteiger partial charge in [-0.1, -0.05) is 39.3 Å². The summed E-state index contributed by atoms with van der Waals surface area (Å²) >= 11 is 0. The van der Waals surface area contributed by atoms with Crippen LogP contribution in [-0.2, 0) is 13.0 Å². The number of hydrogen-bond donors (Lipinski definition) is 1. The molecule has 2 N–H and O–H groups in total. The van der Waals surface area contributed by atoms with Crippen LogP contribution in [0.2, 0.25) is 0 Å². The highest BCUT2D eigenvalue weighted by molar-refractivity contribution is 6.08. The van der Waals surface area contributed by atoms with Crippen molar-refractivity contribution in [1.29, 1.82) is 0 Å². The number of pyridine rings is 1. The zero-order valence-electron chi connectivity index (χ0n) is 13.6. The summed E-state index contributed by atoms with van der Waals surface area (Å²) in [6, 6.07) is 6.34. The molecule has 1 aromatic carbocycles. The number of unbranched alkanes of at least 4 members (excludes halogenated alkanes) is 1. The largest absolute Gasteiger partial charge is 0.382 e. The first-order chi connectivity index (χ1) is 10.6. The fourth-order valence-electron chi connectivity index (χ4n) is 3.08. The third-order valence-corrected chi connectivity index (χ3v) is 4.05. The third-order valence-electron chi connectivity index (χ3n) is 4.05. The summed E-state index contributed by atoms with van der Waals surface area (Å²) < 4.78 is 2.23. The second-order valence-electron chi connectivity index (χ2n) is 6.40. The van der Waals surface area contributed by atoms with Crippen LogP contribution in [0.5, 0.6) is 0 Å². The molecule has 4 heteroatoms. The van der Waals surface area contributed by atoms with Crippen LogP contribution in [0.3, 0.4) is 0 Å². The van der Waals surface area contributed by atoms with Gasteiger partial charge >= 0.3 is 0 Å². The van der Waals surface area contributed by atoms with Gasteiger partial charge in [0, 0.05) is 11.9 Å². The van der Waals surface area contributed by atoms with Gasteiger partial charge in [-0.3, -0.25) is 0 Å². The molecule has 0 saturated heterocycles. The standard InChI is InChI=1S/C18H24N4/c1-4-5-7-13-8-6-9-14-15(13)17-16(18(19)21-14)20-11-22(17)10-12(2)3/h6,8-9,11-12H,4-5,7,10H2,1-3H3,(H2,19,21). The Balaban J connectivity index is 2.32. The quantitative estimate of drug-likeness (QED) is 0.769. The van der Waals surface area contributed by atoms with E-state index >= 15 is 0 Å². The number of hydrogen-bond acceptors (Lipinski definition) is 3. The Hall–Kier alpha value is -2.10. The van der Waals surface area contributed by atoms with Crippen molar-refractivity contribution in [3.05, 3.63) is 30.1 Å². The minimum Gasteiger partial charge on any atom is -0.382 e. The molecular formula is C18H24N4. The van der Waals surface area contributed by atoms with Gasteiger partial charge in [0.1, 0.15) is 5.52 Å². The Kier molecular flexibility index (Phi) is 4.01. The molecule has 2 heterocycles. The fraction of sp³-hybridized carbons (Fsp3) is 0.444. The number of nitrogen functional groups attached to an aromatic ring is 1. The monoisotopic (exact) mass is 296 g/mol. The van der Waals surface area contributed by atoms with Gasteiger partial charge in [-0.2, -0.15) is 0 Å². The van der Waals surface area contributed by atoms with Crippen LogP contribution in [0, 0.1) is 5.92 Å². The van der Waals surface area contributed by atoms with Gasteiger partial charge in [-0.25, -0.2) is 9.97 Å². The number of benzene rings is 1. The summed E-state index contributed by atoms with van der Waals surface area (Å²) in [6.07, 6.45) is 5.34. The second-order valence-corrected chi connectivity index (χ2v) is 6.40. The Bertz CT molecular complexity index is 802. The maximum atomic E-state index is 6.13. The molecule has 2 aromatic heterocycles. The summed E-state index contributed by atoms with van der Waals surface area (Å²) in [5.74, 6) is 1.09. The van der Waals surface area contributed by atoms with E-state index in [0.717, 1.165) is 29.5 Å². The van der Waals surface area contributed by atoms with Crippen LogP contribution >= 0.6 is 0 Å². The van der Waals surface area contributed by atoms with Crippen LogP contribution in [0.15, 0.2) is 24.5 Å². The number of rotatable bonds is 5. The van der Waals surface area contributed by atoms with E-state index in [1.807, 2.05) is 12.4 Å². The number of nitrogens with two attached hydrogens (primary N) is 1. The number of aryl methyl sites for hydroxylation is 1. The molecule has 4 nitrogen and oxygen atoms in total.